The molecule has 0 bridgehead atoms. The fraction of sp³-hybridized carbons (Fsp3) is 1.00. The van der Waals surface area contributed by atoms with Gasteiger partial charge in [0.1, 0.15) is 0 Å². The van der Waals surface area contributed by atoms with Crippen LogP contribution >= 0.6 is 0 Å². The molecule has 0 atom stereocenters. The third kappa shape index (κ3) is 11.9. The maximum Gasteiger partial charge on any atom is 0.0487 e. The molecule has 0 aliphatic heterocycles. The second kappa shape index (κ2) is 11.9. The van der Waals surface area contributed by atoms with Crippen molar-refractivity contribution in [1.82, 2.24) is 0 Å². The fourth-order valence-corrected chi connectivity index (χ4v) is 1.11. The first-order valence-electron chi connectivity index (χ1n) is 5.21. The van der Waals surface area contributed by atoms with Gasteiger partial charge in [0, 0.05) is 26.4 Å². The summed E-state index contributed by atoms with van der Waals surface area (Å²) in [6.07, 6.45) is 6.24. The van der Waals surface area contributed by atoms with Crippen LogP contribution in [0.5, 0.6) is 0 Å². The number of aliphatic hydroxyl groups is 2. The lowest BCUT2D eigenvalue weighted by molar-refractivity contribution is 0.112. The van der Waals surface area contributed by atoms with E-state index in [0.717, 1.165) is 32.3 Å². The Hall–Kier alpha value is -0.120. The first kappa shape index (κ1) is 12.9. The van der Waals surface area contributed by atoms with Gasteiger partial charge in [-0.05, 0) is 19.3 Å². The van der Waals surface area contributed by atoms with Crippen LogP contribution in [0.4, 0.5) is 0 Å². The lowest BCUT2D eigenvalue weighted by atomic mass is 10.1. The molecule has 0 fully saturated rings. The highest BCUT2D eigenvalue weighted by Gasteiger charge is 1.90. The van der Waals surface area contributed by atoms with Gasteiger partial charge in [0.25, 0.3) is 0 Å². The Balaban J connectivity index is 2.76. The van der Waals surface area contributed by atoms with Gasteiger partial charge in [-0.15, -0.1) is 0 Å². The van der Waals surface area contributed by atoms with E-state index in [2.05, 4.69) is 0 Å². The van der Waals surface area contributed by atoms with Gasteiger partial charge in [-0.1, -0.05) is 19.3 Å². The molecular weight excluding hydrogens is 168 g/mol. The second-order valence-electron chi connectivity index (χ2n) is 3.18. The van der Waals surface area contributed by atoms with Crippen LogP contribution in [0, 0.1) is 0 Å². The van der Waals surface area contributed by atoms with Crippen LogP contribution in [0.15, 0.2) is 0 Å². The van der Waals surface area contributed by atoms with E-state index in [4.69, 9.17) is 14.9 Å². The Morgan fingerprint density at radius 2 is 1.15 bits per heavy atom. The van der Waals surface area contributed by atoms with E-state index < -0.39 is 0 Å². The molecule has 0 aliphatic carbocycles. The maximum atomic E-state index is 8.52. The van der Waals surface area contributed by atoms with E-state index in [0.29, 0.717) is 13.2 Å². The monoisotopic (exact) mass is 190 g/mol. The Kier molecular flexibility index (Phi) is 11.8. The fourth-order valence-electron chi connectivity index (χ4n) is 1.11. The summed E-state index contributed by atoms with van der Waals surface area (Å²) in [5.74, 6) is 0. The van der Waals surface area contributed by atoms with Crippen LogP contribution in [0.1, 0.15) is 38.5 Å². The molecule has 0 aliphatic rings. The number of rotatable bonds is 10. The molecule has 2 N–H and O–H groups in total. The number of hydrogen-bond donors (Lipinski definition) is 2. The van der Waals surface area contributed by atoms with E-state index in [1.807, 2.05) is 0 Å². The zero-order chi connectivity index (χ0) is 9.78. The summed E-state index contributed by atoms with van der Waals surface area (Å²) < 4.78 is 5.27. The molecule has 0 aromatic heterocycles. The highest BCUT2D eigenvalue weighted by molar-refractivity contribution is 4.43. The smallest absolute Gasteiger partial charge is 0.0487 e. The van der Waals surface area contributed by atoms with Gasteiger partial charge in [0.05, 0.1) is 0 Å². The van der Waals surface area contributed by atoms with Crippen molar-refractivity contribution in [3.63, 3.8) is 0 Å². The predicted octanol–water partition coefficient (Wildman–Crippen LogP) is 1.33. The quantitative estimate of drug-likeness (QED) is 0.511. The molecule has 0 aromatic carbocycles. The molecule has 0 unspecified atom stereocenters. The van der Waals surface area contributed by atoms with Gasteiger partial charge in [-0.3, -0.25) is 0 Å². The van der Waals surface area contributed by atoms with Gasteiger partial charge in [-0.2, -0.15) is 0 Å². The van der Waals surface area contributed by atoms with Crippen molar-refractivity contribution in [3.05, 3.63) is 0 Å². The SMILES string of the molecule is OCCCCCCCOCCCO. The molecule has 0 saturated heterocycles. The molecule has 0 amide bonds. The van der Waals surface area contributed by atoms with Gasteiger partial charge >= 0.3 is 0 Å². The molecule has 3 nitrogen and oxygen atoms in total. The number of hydrogen-bond acceptors (Lipinski definition) is 3. The molecule has 13 heavy (non-hydrogen) atoms. The lowest BCUT2D eigenvalue weighted by Gasteiger charge is -2.02. The zero-order valence-corrected chi connectivity index (χ0v) is 8.37. The van der Waals surface area contributed by atoms with Crippen molar-refractivity contribution in [2.24, 2.45) is 0 Å². The van der Waals surface area contributed by atoms with Crippen LogP contribution < -0.4 is 0 Å². The summed E-state index contributed by atoms with van der Waals surface area (Å²) in [7, 11) is 0. The number of ether oxygens (including phenoxy) is 1. The van der Waals surface area contributed by atoms with Gasteiger partial charge in [0.15, 0.2) is 0 Å². The van der Waals surface area contributed by atoms with Crippen molar-refractivity contribution in [2.75, 3.05) is 26.4 Å². The number of aliphatic hydroxyl groups excluding tert-OH is 2. The highest BCUT2D eigenvalue weighted by Crippen LogP contribution is 2.02. The molecule has 0 rings (SSSR count). The third-order valence-electron chi connectivity index (χ3n) is 1.89. The molecule has 80 valence electrons. The normalized spacial score (nSPS) is 10.6. The number of unbranched alkanes of at least 4 members (excludes halogenated alkanes) is 4. The highest BCUT2D eigenvalue weighted by atomic mass is 16.5. The van der Waals surface area contributed by atoms with Crippen LogP contribution in [0.25, 0.3) is 0 Å². The first-order chi connectivity index (χ1) is 6.41. The zero-order valence-electron chi connectivity index (χ0n) is 8.37. The lowest BCUT2D eigenvalue weighted by Crippen LogP contribution is -1.99. The van der Waals surface area contributed by atoms with Gasteiger partial charge < -0.3 is 14.9 Å². The van der Waals surface area contributed by atoms with Crippen molar-refractivity contribution in [3.8, 4) is 0 Å². The van der Waals surface area contributed by atoms with Gasteiger partial charge in [0.2, 0.25) is 0 Å². The maximum absolute atomic E-state index is 8.52. The summed E-state index contributed by atoms with van der Waals surface area (Å²) >= 11 is 0. The van der Waals surface area contributed by atoms with Crippen LogP contribution in [-0.4, -0.2) is 36.6 Å². The topological polar surface area (TPSA) is 49.7 Å². The Bertz CT molecular complexity index is 76.2. The van der Waals surface area contributed by atoms with E-state index in [1.165, 1.54) is 12.8 Å². The molecule has 0 saturated carbocycles. The minimum atomic E-state index is 0.219. The Morgan fingerprint density at radius 1 is 0.615 bits per heavy atom. The summed E-state index contributed by atoms with van der Waals surface area (Å²) in [4.78, 5) is 0. The molecule has 0 heterocycles. The van der Waals surface area contributed by atoms with E-state index in [1.54, 1.807) is 0 Å². The van der Waals surface area contributed by atoms with Crippen LogP contribution in [0.2, 0.25) is 0 Å². The summed E-state index contributed by atoms with van der Waals surface area (Å²) in [5.41, 5.74) is 0. The van der Waals surface area contributed by atoms with Crippen LogP contribution in [-0.2, 0) is 4.74 Å². The minimum absolute atomic E-state index is 0.219. The molecule has 0 aromatic rings. The standard InChI is InChI=1S/C10H22O3/c11-7-4-2-1-3-5-9-13-10-6-8-12/h11-12H,1-10H2. The minimum Gasteiger partial charge on any atom is -0.396 e. The van der Waals surface area contributed by atoms with Crippen LogP contribution in [0.3, 0.4) is 0 Å². The summed E-state index contributed by atoms with van der Waals surface area (Å²) in [6.45, 7) is 2.01. The van der Waals surface area contributed by atoms with Crippen molar-refractivity contribution in [2.45, 2.75) is 38.5 Å². The van der Waals surface area contributed by atoms with Crippen molar-refractivity contribution >= 4 is 0 Å². The first-order valence-corrected chi connectivity index (χ1v) is 5.21. The van der Waals surface area contributed by atoms with E-state index >= 15 is 0 Å². The predicted molar refractivity (Wildman–Crippen MR) is 52.7 cm³/mol. The van der Waals surface area contributed by atoms with E-state index in [-0.39, 0.29) is 6.61 Å². The Morgan fingerprint density at radius 3 is 1.85 bits per heavy atom. The third-order valence-corrected chi connectivity index (χ3v) is 1.89. The average Bonchev–Trinajstić information content (AvgIpc) is 2.16. The largest absolute Gasteiger partial charge is 0.396 e. The Labute approximate surface area is 80.7 Å². The molecule has 0 spiro atoms. The second-order valence-corrected chi connectivity index (χ2v) is 3.18. The molecule has 0 radical (unpaired) electrons. The summed E-state index contributed by atoms with van der Waals surface area (Å²) in [6, 6.07) is 0. The molecule has 3 heteroatoms. The van der Waals surface area contributed by atoms with Crippen molar-refractivity contribution < 1.29 is 14.9 Å². The molecular formula is C10H22O3. The summed E-state index contributed by atoms with van der Waals surface area (Å²) in [5, 5.41) is 17.0. The van der Waals surface area contributed by atoms with E-state index in [9.17, 15) is 0 Å². The van der Waals surface area contributed by atoms with Crippen molar-refractivity contribution in [1.29, 1.82) is 0 Å². The average molecular weight is 190 g/mol. The van der Waals surface area contributed by atoms with Gasteiger partial charge in [-0.25, -0.2) is 0 Å².